The van der Waals surface area contributed by atoms with E-state index >= 15 is 0 Å². The molecular formula is C7H14ClNO. The molecule has 10 heavy (non-hydrogen) atoms. The highest BCUT2D eigenvalue weighted by Gasteiger charge is 2.38. The Morgan fingerprint density at radius 1 is 1.50 bits per heavy atom. The lowest BCUT2D eigenvalue weighted by Gasteiger charge is -2.41. The Kier molecular flexibility index (Phi) is 2.23. The molecule has 0 bridgehead atoms. The minimum absolute atomic E-state index is 0.415. The molecule has 0 spiro atoms. The molecule has 1 saturated carbocycles. The van der Waals surface area contributed by atoms with E-state index in [-0.39, 0.29) is 0 Å². The molecule has 0 heterocycles. The Labute approximate surface area is 66.7 Å². The predicted molar refractivity (Wildman–Crippen MR) is 41.8 cm³/mol. The third kappa shape index (κ3) is 1.62. The molecule has 2 N–H and O–H groups in total. The normalized spacial score (nSPS) is 33.6. The Balaban J connectivity index is 2.26. The van der Waals surface area contributed by atoms with Gasteiger partial charge in [0.25, 0.3) is 0 Å². The van der Waals surface area contributed by atoms with Gasteiger partial charge in [-0.25, -0.2) is 4.84 Å². The summed E-state index contributed by atoms with van der Waals surface area (Å²) in [6, 6.07) is 0.415. The number of hydrogen-bond donors (Lipinski definition) is 2. The molecule has 1 aliphatic carbocycles. The summed E-state index contributed by atoms with van der Waals surface area (Å²) in [6.07, 6.45) is 1.99. The van der Waals surface area contributed by atoms with Crippen LogP contribution in [0.5, 0.6) is 0 Å². The largest absolute Gasteiger partial charge is 0.390 e. The number of hydrogen-bond acceptors (Lipinski definition) is 2. The van der Waals surface area contributed by atoms with Crippen LogP contribution >= 0.6 is 11.8 Å². The summed E-state index contributed by atoms with van der Waals surface area (Å²) in [5.41, 5.74) is -0.524. The highest BCUT2D eigenvalue weighted by Crippen LogP contribution is 2.36. The molecule has 0 aliphatic heterocycles. The summed E-state index contributed by atoms with van der Waals surface area (Å²) in [5.74, 6) is 0.420. The first-order valence-electron chi connectivity index (χ1n) is 3.62. The molecular weight excluding hydrogens is 150 g/mol. The first kappa shape index (κ1) is 8.31. The molecule has 0 aromatic carbocycles. The van der Waals surface area contributed by atoms with Gasteiger partial charge in [-0.15, -0.1) is 0 Å². The first-order chi connectivity index (χ1) is 4.54. The van der Waals surface area contributed by atoms with Crippen molar-refractivity contribution in [2.45, 2.75) is 38.3 Å². The molecule has 0 saturated heterocycles. The molecule has 1 fully saturated rings. The quantitative estimate of drug-likeness (QED) is 0.602. The zero-order valence-electron chi connectivity index (χ0n) is 6.39. The second kappa shape index (κ2) is 2.68. The minimum Gasteiger partial charge on any atom is -0.390 e. The van der Waals surface area contributed by atoms with Crippen molar-refractivity contribution in [2.75, 3.05) is 0 Å². The van der Waals surface area contributed by atoms with Gasteiger partial charge >= 0.3 is 0 Å². The van der Waals surface area contributed by atoms with Crippen molar-refractivity contribution in [3.63, 3.8) is 0 Å². The van der Waals surface area contributed by atoms with E-state index in [1.807, 2.05) is 13.8 Å². The lowest BCUT2D eigenvalue weighted by Crippen LogP contribution is -2.46. The molecule has 0 aromatic heterocycles. The molecule has 0 radical (unpaired) electrons. The lowest BCUT2D eigenvalue weighted by molar-refractivity contribution is -0.0283. The summed E-state index contributed by atoms with van der Waals surface area (Å²) < 4.78 is 0. The van der Waals surface area contributed by atoms with Crippen LogP contribution in [0.1, 0.15) is 26.7 Å². The van der Waals surface area contributed by atoms with Gasteiger partial charge in [0.15, 0.2) is 0 Å². The summed E-state index contributed by atoms with van der Waals surface area (Å²) in [4.78, 5) is 2.66. The third-order valence-corrected chi connectivity index (χ3v) is 2.60. The highest BCUT2D eigenvalue weighted by atomic mass is 35.5. The fourth-order valence-corrected chi connectivity index (χ4v) is 1.46. The van der Waals surface area contributed by atoms with Crippen molar-refractivity contribution < 1.29 is 5.11 Å². The summed E-state index contributed by atoms with van der Waals surface area (Å²) in [6.45, 7) is 3.70. The fraction of sp³-hybridized carbons (Fsp3) is 1.00. The first-order valence-corrected chi connectivity index (χ1v) is 4.00. The van der Waals surface area contributed by atoms with E-state index in [1.54, 1.807) is 0 Å². The van der Waals surface area contributed by atoms with Crippen LogP contribution in [0.2, 0.25) is 0 Å². The van der Waals surface area contributed by atoms with E-state index in [1.165, 1.54) is 0 Å². The number of rotatable bonds is 2. The molecule has 0 amide bonds. The minimum atomic E-state index is -0.524. The van der Waals surface area contributed by atoms with Gasteiger partial charge in [-0.2, -0.15) is 0 Å². The molecule has 2 nitrogen and oxygen atoms in total. The average molecular weight is 164 g/mol. The third-order valence-electron chi connectivity index (χ3n) is 2.29. The SMILES string of the molecule is CC(C)(O)C1CC(NCl)C1. The van der Waals surface area contributed by atoms with Gasteiger partial charge in [-0.05, 0) is 44.4 Å². The number of nitrogens with one attached hydrogen (secondary N) is 1. The molecule has 60 valence electrons. The number of halogens is 1. The van der Waals surface area contributed by atoms with Crippen molar-refractivity contribution >= 4 is 11.8 Å². The molecule has 0 unspecified atom stereocenters. The van der Waals surface area contributed by atoms with Crippen molar-refractivity contribution in [3.8, 4) is 0 Å². The average Bonchev–Trinajstić information content (AvgIpc) is 1.57. The molecule has 0 aromatic rings. The number of aliphatic hydroxyl groups is 1. The van der Waals surface area contributed by atoms with Gasteiger partial charge in [0, 0.05) is 6.04 Å². The van der Waals surface area contributed by atoms with Crippen molar-refractivity contribution in [3.05, 3.63) is 0 Å². The summed E-state index contributed by atoms with van der Waals surface area (Å²) >= 11 is 5.39. The van der Waals surface area contributed by atoms with Gasteiger partial charge in [0.1, 0.15) is 0 Å². The Hall–Kier alpha value is 0.210. The maximum Gasteiger partial charge on any atom is 0.0620 e. The standard InChI is InChI=1S/C7H14ClNO/c1-7(2,10)5-3-6(4-5)9-8/h5-6,9-10H,3-4H2,1-2H3. The highest BCUT2D eigenvalue weighted by molar-refractivity contribution is 6.13. The lowest BCUT2D eigenvalue weighted by atomic mass is 9.72. The van der Waals surface area contributed by atoms with Crippen molar-refractivity contribution in [2.24, 2.45) is 5.92 Å². The van der Waals surface area contributed by atoms with Gasteiger partial charge < -0.3 is 5.11 Å². The van der Waals surface area contributed by atoms with Gasteiger partial charge in [-0.1, -0.05) is 0 Å². The molecule has 1 aliphatic rings. The Morgan fingerprint density at radius 2 is 2.00 bits per heavy atom. The van der Waals surface area contributed by atoms with Crippen LogP contribution in [-0.2, 0) is 0 Å². The van der Waals surface area contributed by atoms with Crippen LogP contribution in [0.3, 0.4) is 0 Å². The van der Waals surface area contributed by atoms with E-state index in [0.29, 0.717) is 12.0 Å². The maximum absolute atomic E-state index is 9.48. The van der Waals surface area contributed by atoms with E-state index in [4.69, 9.17) is 11.8 Å². The van der Waals surface area contributed by atoms with Crippen LogP contribution in [0, 0.1) is 5.92 Å². The van der Waals surface area contributed by atoms with Crippen LogP contribution in [-0.4, -0.2) is 16.7 Å². The Morgan fingerprint density at radius 3 is 2.30 bits per heavy atom. The Bertz CT molecular complexity index is 115. The molecule has 3 heteroatoms. The zero-order chi connectivity index (χ0) is 7.78. The summed E-state index contributed by atoms with van der Waals surface area (Å²) in [5, 5.41) is 9.48. The van der Waals surface area contributed by atoms with Gasteiger partial charge in [-0.3, -0.25) is 0 Å². The fourth-order valence-electron chi connectivity index (χ4n) is 1.28. The van der Waals surface area contributed by atoms with Crippen LogP contribution in [0.15, 0.2) is 0 Å². The zero-order valence-corrected chi connectivity index (χ0v) is 7.15. The van der Waals surface area contributed by atoms with Gasteiger partial charge in [0.05, 0.1) is 5.60 Å². The van der Waals surface area contributed by atoms with E-state index in [0.717, 1.165) is 12.8 Å². The van der Waals surface area contributed by atoms with E-state index < -0.39 is 5.60 Å². The molecule has 1 rings (SSSR count). The topological polar surface area (TPSA) is 32.3 Å². The van der Waals surface area contributed by atoms with Crippen LogP contribution in [0.4, 0.5) is 0 Å². The summed E-state index contributed by atoms with van der Waals surface area (Å²) in [7, 11) is 0. The maximum atomic E-state index is 9.48. The second-order valence-corrected chi connectivity index (χ2v) is 3.85. The van der Waals surface area contributed by atoms with Crippen LogP contribution < -0.4 is 4.84 Å². The van der Waals surface area contributed by atoms with Crippen LogP contribution in [0.25, 0.3) is 0 Å². The second-order valence-electron chi connectivity index (χ2n) is 3.63. The van der Waals surface area contributed by atoms with Crippen molar-refractivity contribution in [1.82, 2.24) is 4.84 Å². The monoisotopic (exact) mass is 163 g/mol. The van der Waals surface area contributed by atoms with E-state index in [2.05, 4.69) is 4.84 Å². The van der Waals surface area contributed by atoms with Gasteiger partial charge in [0.2, 0.25) is 0 Å². The van der Waals surface area contributed by atoms with Crippen molar-refractivity contribution in [1.29, 1.82) is 0 Å². The smallest absolute Gasteiger partial charge is 0.0620 e. The predicted octanol–water partition coefficient (Wildman–Crippen LogP) is 1.28. The molecule has 0 atom stereocenters. The van der Waals surface area contributed by atoms with E-state index in [9.17, 15) is 5.11 Å².